The number of benzene rings is 1. The number of amides is 2. The van der Waals surface area contributed by atoms with Crippen LogP contribution < -0.4 is 4.90 Å². The lowest BCUT2D eigenvalue weighted by atomic mass is 10.1. The van der Waals surface area contributed by atoms with Crippen molar-refractivity contribution in [2.24, 2.45) is 0 Å². The number of likely N-dealkylation sites (tertiary alicyclic amines) is 1. The molecule has 9 nitrogen and oxygen atoms in total. The largest absolute Gasteiger partial charge is 0.394 e. The standard InChI is InChI=1S/C28H39N5O4/c1-20-5-3-7-24(21(20)2)30-13-15-31(16-14-30)26(35)19-33-25-8-4-6-23(25)27(29-33)28(36)32-11-9-22(10-12-32)37-18-17-34/h3,5,7,22,34H,4,6,8-19H2,1-2H3. The lowest BCUT2D eigenvalue weighted by Crippen LogP contribution is -2.50. The first-order chi connectivity index (χ1) is 18.0. The van der Waals surface area contributed by atoms with E-state index in [1.54, 1.807) is 4.68 Å². The maximum Gasteiger partial charge on any atom is 0.274 e. The summed E-state index contributed by atoms with van der Waals surface area (Å²) in [6.07, 6.45) is 4.32. The minimum absolute atomic E-state index is 0.0174. The van der Waals surface area contributed by atoms with Crippen molar-refractivity contribution in [3.05, 3.63) is 46.3 Å². The molecule has 2 saturated heterocycles. The lowest BCUT2D eigenvalue weighted by Gasteiger charge is -2.37. The molecule has 2 amide bonds. The Morgan fingerprint density at radius 3 is 2.51 bits per heavy atom. The molecular formula is C28H39N5O4. The second-order valence-corrected chi connectivity index (χ2v) is 10.5. The molecule has 37 heavy (non-hydrogen) atoms. The summed E-state index contributed by atoms with van der Waals surface area (Å²) in [5.74, 6) is 0.0331. The highest BCUT2D eigenvalue weighted by molar-refractivity contribution is 5.94. The molecule has 5 rings (SSSR count). The van der Waals surface area contributed by atoms with Crippen molar-refractivity contribution in [1.29, 1.82) is 0 Å². The molecular weight excluding hydrogens is 470 g/mol. The van der Waals surface area contributed by atoms with Gasteiger partial charge in [-0.1, -0.05) is 12.1 Å². The number of aliphatic hydroxyl groups is 1. The number of piperazine rings is 1. The predicted octanol–water partition coefficient (Wildman–Crippen LogP) is 1.95. The van der Waals surface area contributed by atoms with E-state index in [2.05, 4.69) is 36.9 Å². The van der Waals surface area contributed by atoms with Gasteiger partial charge in [0.25, 0.3) is 5.91 Å². The Kier molecular flexibility index (Phi) is 7.81. The van der Waals surface area contributed by atoms with Crippen LogP contribution in [0.3, 0.4) is 0 Å². The fourth-order valence-corrected chi connectivity index (χ4v) is 5.91. The van der Waals surface area contributed by atoms with Crippen molar-refractivity contribution >= 4 is 17.5 Å². The van der Waals surface area contributed by atoms with Crippen molar-refractivity contribution < 1.29 is 19.4 Å². The Hall–Kier alpha value is -2.91. The summed E-state index contributed by atoms with van der Waals surface area (Å²) in [5.41, 5.74) is 6.43. The molecule has 2 aliphatic heterocycles. The normalized spacial score (nSPS) is 18.4. The minimum Gasteiger partial charge on any atom is -0.394 e. The smallest absolute Gasteiger partial charge is 0.274 e. The maximum absolute atomic E-state index is 13.4. The number of anilines is 1. The third-order valence-electron chi connectivity index (χ3n) is 8.22. The van der Waals surface area contributed by atoms with E-state index in [0.29, 0.717) is 38.5 Å². The summed E-state index contributed by atoms with van der Waals surface area (Å²) >= 11 is 0. The quantitative estimate of drug-likeness (QED) is 0.614. The summed E-state index contributed by atoms with van der Waals surface area (Å²) in [6.45, 7) is 9.10. The number of hydrogen-bond acceptors (Lipinski definition) is 6. The van der Waals surface area contributed by atoms with E-state index < -0.39 is 0 Å². The molecule has 9 heteroatoms. The van der Waals surface area contributed by atoms with Gasteiger partial charge in [0.1, 0.15) is 6.54 Å². The molecule has 0 spiro atoms. The van der Waals surface area contributed by atoms with Crippen LogP contribution >= 0.6 is 0 Å². The van der Waals surface area contributed by atoms with Crippen LogP contribution in [0, 0.1) is 13.8 Å². The highest BCUT2D eigenvalue weighted by Gasteiger charge is 2.32. The molecule has 0 unspecified atom stereocenters. The molecule has 3 heterocycles. The zero-order valence-electron chi connectivity index (χ0n) is 22.1. The Labute approximate surface area is 219 Å². The Bertz CT molecular complexity index is 1130. The predicted molar refractivity (Wildman–Crippen MR) is 141 cm³/mol. The highest BCUT2D eigenvalue weighted by Crippen LogP contribution is 2.28. The Balaban J connectivity index is 1.20. The van der Waals surface area contributed by atoms with E-state index in [0.717, 1.165) is 56.5 Å². The highest BCUT2D eigenvalue weighted by atomic mass is 16.5. The topological polar surface area (TPSA) is 91.1 Å². The molecule has 2 aromatic rings. The van der Waals surface area contributed by atoms with Crippen LogP contribution in [0.5, 0.6) is 0 Å². The fourth-order valence-electron chi connectivity index (χ4n) is 5.91. The number of aryl methyl sites for hydroxylation is 1. The van der Waals surface area contributed by atoms with Gasteiger partial charge in [-0.3, -0.25) is 14.3 Å². The first-order valence-corrected chi connectivity index (χ1v) is 13.7. The SMILES string of the molecule is Cc1cccc(N2CCN(C(=O)Cn3nc(C(=O)N4CCC(OCCO)CC4)c4c3CCC4)CC2)c1C. The Morgan fingerprint density at radius 2 is 1.78 bits per heavy atom. The third kappa shape index (κ3) is 5.38. The van der Waals surface area contributed by atoms with Crippen molar-refractivity contribution in [1.82, 2.24) is 19.6 Å². The zero-order valence-corrected chi connectivity index (χ0v) is 22.1. The van der Waals surface area contributed by atoms with Crippen LogP contribution in [0.25, 0.3) is 0 Å². The molecule has 0 bridgehead atoms. The van der Waals surface area contributed by atoms with Gasteiger partial charge in [0.05, 0.1) is 19.3 Å². The monoisotopic (exact) mass is 509 g/mol. The van der Waals surface area contributed by atoms with Gasteiger partial charge in [0.2, 0.25) is 5.91 Å². The second-order valence-electron chi connectivity index (χ2n) is 10.5. The van der Waals surface area contributed by atoms with Crippen LogP contribution in [0.15, 0.2) is 18.2 Å². The summed E-state index contributed by atoms with van der Waals surface area (Å²) in [7, 11) is 0. The number of ether oxygens (including phenoxy) is 1. The number of nitrogens with zero attached hydrogens (tertiary/aromatic N) is 5. The molecule has 0 saturated carbocycles. The van der Waals surface area contributed by atoms with Gasteiger partial charge in [-0.05, 0) is 63.1 Å². The van der Waals surface area contributed by atoms with Crippen LogP contribution in [0.1, 0.15) is 52.1 Å². The van der Waals surface area contributed by atoms with Gasteiger partial charge in [0.15, 0.2) is 5.69 Å². The average Bonchev–Trinajstić information content (AvgIpc) is 3.53. The second kappa shape index (κ2) is 11.2. The lowest BCUT2D eigenvalue weighted by molar-refractivity contribution is -0.132. The van der Waals surface area contributed by atoms with Crippen molar-refractivity contribution in [3.63, 3.8) is 0 Å². The molecule has 1 N–H and O–H groups in total. The fraction of sp³-hybridized carbons (Fsp3) is 0.607. The number of carbonyl (C=O) groups is 2. The van der Waals surface area contributed by atoms with Gasteiger partial charge < -0.3 is 24.5 Å². The van der Waals surface area contributed by atoms with Gasteiger partial charge in [0, 0.05) is 56.2 Å². The summed E-state index contributed by atoms with van der Waals surface area (Å²) in [6, 6.07) is 6.39. The van der Waals surface area contributed by atoms with Gasteiger partial charge >= 0.3 is 0 Å². The average molecular weight is 510 g/mol. The molecule has 1 aliphatic carbocycles. The number of aromatic nitrogens is 2. The van der Waals surface area contributed by atoms with Crippen molar-refractivity contribution in [3.8, 4) is 0 Å². The summed E-state index contributed by atoms with van der Waals surface area (Å²) in [4.78, 5) is 32.8. The van der Waals surface area contributed by atoms with Crippen LogP contribution in [0.4, 0.5) is 5.69 Å². The number of piperidine rings is 1. The van der Waals surface area contributed by atoms with Gasteiger partial charge in [-0.25, -0.2) is 0 Å². The molecule has 2 fully saturated rings. The summed E-state index contributed by atoms with van der Waals surface area (Å²) in [5, 5.41) is 13.7. The molecule has 1 aromatic carbocycles. The first kappa shape index (κ1) is 25.7. The number of hydrogen-bond donors (Lipinski definition) is 1. The van der Waals surface area contributed by atoms with Crippen LogP contribution in [-0.4, -0.2) is 95.1 Å². The first-order valence-electron chi connectivity index (χ1n) is 13.7. The molecule has 1 aromatic heterocycles. The zero-order chi connectivity index (χ0) is 25.9. The molecule has 200 valence electrons. The van der Waals surface area contributed by atoms with Crippen LogP contribution in [-0.2, 0) is 28.9 Å². The van der Waals surface area contributed by atoms with E-state index in [-0.39, 0.29) is 31.1 Å². The molecule has 3 aliphatic rings. The number of rotatable bonds is 7. The number of aliphatic hydroxyl groups excluding tert-OH is 1. The Morgan fingerprint density at radius 1 is 1.03 bits per heavy atom. The van der Waals surface area contributed by atoms with E-state index in [1.807, 2.05) is 9.80 Å². The van der Waals surface area contributed by atoms with E-state index in [9.17, 15) is 9.59 Å². The third-order valence-corrected chi connectivity index (χ3v) is 8.22. The van der Waals surface area contributed by atoms with E-state index >= 15 is 0 Å². The number of carbonyl (C=O) groups excluding carboxylic acids is 2. The molecule has 0 atom stereocenters. The minimum atomic E-state index is -0.0351. The van der Waals surface area contributed by atoms with Crippen molar-refractivity contribution in [2.45, 2.75) is 58.6 Å². The van der Waals surface area contributed by atoms with Crippen molar-refractivity contribution in [2.75, 3.05) is 57.4 Å². The maximum atomic E-state index is 13.4. The van der Waals surface area contributed by atoms with Crippen LogP contribution in [0.2, 0.25) is 0 Å². The van der Waals surface area contributed by atoms with E-state index in [4.69, 9.17) is 14.9 Å². The number of fused-ring (bicyclic) bond motifs is 1. The van der Waals surface area contributed by atoms with E-state index in [1.165, 1.54) is 16.8 Å². The van der Waals surface area contributed by atoms with Gasteiger partial charge in [-0.2, -0.15) is 5.10 Å². The molecule has 0 radical (unpaired) electrons. The summed E-state index contributed by atoms with van der Waals surface area (Å²) < 4.78 is 7.43. The van der Waals surface area contributed by atoms with Gasteiger partial charge in [-0.15, -0.1) is 0 Å².